The van der Waals surface area contributed by atoms with Crippen LogP contribution in [0.15, 0.2) is 30.3 Å². The summed E-state index contributed by atoms with van der Waals surface area (Å²) in [5, 5.41) is 8.68. The van der Waals surface area contributed by atoms with E-state index in [4.69, 9.17) is 5.11 Å². The summed E-state index contributed by atoms with van der Waals surface area (Å²) < 4.78 is 0. The van der Waals surface area contributed by atoms with Crippen LogP contribution in [-0.2, 0) is 11.3 Å². The highest BCUT2D eigenvalue weighted by Crippen LogP contribution is 2.09. The molecule has 0 saturated heterocycles. The number of carboxylic acid groups (broad SMARTS) is 1. The smallest absolute Gasteiger partial charge is 0.317 e. The van der Waals surface area contributed by atoms with E-state index in [1.165, 1.54) is 0 Å². The van der Waals surface area contributed by atoms with Crippen molar-refractivity contribution >= 4 is 12.0 Å². The first-order valence-electron chi connectivity index (χ1n) is 5.77. The van der Waals surface area contributed by atoms with E-state index in [-0.39, 0.29) is 6.54 Å². The molecule has 0 bridgehead atoms. The van der Waals surface area contributed by atoms with E-state index in [9.17, 15) is 4.79 Å². The molecule has 1 N–H and O–H groups in total. The van der Waals surface area contributed by atoms with Gasteiger partial charge in [-0.3, -0.25) is 9.69 Å². The molecule has 0 amide bonds. The topological polar surface area (TPSA) is 40.5 Å². The Morgan fingerprint density at radius 3 is 2.88 bits per heavy atom. The van der Waals surface area contributed by atoms with Crippen molar-refractivity contribution < 1.29 is 9.90 Å². The number of carbonyl (C=O) groups is 1. The zero-order valence-corrected chi connectivity index (χ0v) is 10.4. The Hall–Kier alpha value is -1.61. The largest absolute Gasteiger partial charge is 0.480 e. The number of rotatable bonds is 6. The minimum Gasteiger partial charge on any atom is -0.480 e. The molecule has 92 valence electrons. The molecule has 17 heavy (non-hydrogen) atoms. The summed E-state index contributed by atoms with van der Waals surface area (Å²) in [6.07, 6.45) is 5.21. The van der Waals surface area contributed by atoms with Crippen LogP contribution in [0.4, 0.5) is 0 Å². The van der Waals surface area contributed by atoms with Gasteiger partial charge in [0.1, 0.15) is 0 Å². The second kappa shape index (κ2) is 6.86. The van der Waals surface area contributed by atoms with Gasteiger partial charge in [-0.2, -0.15) is 0 Å². The minimum absolute atomic E-state index is 0.0645. The molecule has 0 aromatic heterocycles. The van der Waals surface area contributed by atoms with Crippen LogP contribution >= 0.6 is 0 Å². The lowest BCUT2D eigenvalue weighted by molar-refractivity contribution is -0.138. The Kier molecular flexibility index (Phi) is 5.43. The third-order valence-corrected chi connectivity index (χ3v) is 2.35. The average Bonchev–Trinajstić information content (AvgIpc) is 2.25. The third-order valence-electron chi connectivity index (χ3n) is 2.35. The lowest BCUT2D eigenvalue weighted by Gasteiger charge is -2.14. The van der Waals surface area contributed by atoms with E-state index in [0.29, 0.717) is 6.54 Å². The Morgan fingerprint density at radius 1 is 1.47 bits per heavy atom. The summed E-state index contributed by atoms with van der Waals surface area (Å²) in [4.78, 5) is 12.3. The number of hydrogen-bond donors (Lipinski definition) is 1. The van der Waals surface area contributed by atoms with Gasteiger partial charge < -0.3 is 5.11 Å². The van der Waals surface area contributed by atoms with Crippen molar-refractivity contribution in [2.24, 2.45) is 0 Å². The van der Waals surface area contributed by atoms with Gasteiger partial charge >= 0.3 is 5.97 Å². The molecule has 0 spiro atoms. The number of allylic oxidation sites excluding steroid dienone is 1. The van der Waals surface area contributed by atoms with Crippen LogP contribution in [0.1, 0.15) is 24.5 Å². The second-order valence-corrected chi connectivity index (χ2v) is 4.12. The van der Waals surface area contributed by atoms with Crippen molar-refractivity contribution in [3.8, 4) is 0 Å². The number of nitrogens with zero attached hydrogens (tertiary/aromatic N) is 1. The molecule has 0 aliphatic rings. The summed E-state index contributed by atoms with van der Waals surface area (Å²) >= 11 is 0. The molecule has 1 aromatic rings. The van der Waals surface area contributed by atoms with Crippen molar-refractivity contribution in [1.82, 2.24) is 4.90 Å². The number of benzene rings is 1. The summed E-state index contributed by atoms with van der Waals surface area (Å²) in [6.45, 7) is 2.82. The van der Waals surface area contributed by atoms with Gasteiger partial charge in [0.05, 0.1) is 6.54 Å². The molecular weight excluding hydrogens is 214 g/mol. The van der Waals surface area contributed by atoms with Crippen molar-refractivity contribution in [2.45, 2.75) is 19.9 Å². The van der Waals surface area contributed by atoms with E-state index >= 15 is 0 Å². The predicted octanol–water partition coefficient (Wildman–Crippen LogP) is 2.63. The first kappa shape index (κ1) is 13.5. The fourth-order valence-electron chi connectivity index (χ4n) is 1.65. The third kappa shape index (κ3) is 5.31. The van der Waals surface area contributed by atoms with E-state index in [1.54, 1.807) is 4.90 Å². The summed E-state index contributed by atoms with van der Waals surface area (Å²) in [6, 6.07) is 8.15. The van der Waals surface area contributed by atoms with Crippen molar-refractivity contribution in [1.29, 1.82) is 0 Å². The quantitative estimate of drug-likeness (QED) is 0.821. The Morgan fingerprint density at radius 2 is 2.24 bits per heavy atom. The van der Waals surface area contributed by atoms with Crippen LogP contribution < -0.4 is 0 Å². The molecule has 0 atom stereocenters. The molecule has 0 heterocycles. The van der Waals surface area contributed by atoms with E-state index in [2.05, 4.69) is 25.1 Å². The Bertz CT molecular complexity index is 399. The maximum Gasteiger partial charge on any atom is 0.317 e. The first-order chi connectivity index (χ1) is 8.11. The molecule has 0 radical (unpaired) electrons. The average molecular weight is 233 g/mol. The lowest BCUT2D eigenvalue weighted by Crippen LogP contribution is -2.25. The number of carboxylic acids is 1. The normalized spacial score (nSPS) is 11.2. The highest BCUT2D eigenvalue weighted by Gasteiger charge is 2.04. The van der Waals surface area contributed by atoms with Gasteiger partial charge in [0.2, 0.25) is 0 Å². The van der Waals surface area contributed by atoms with Crippen LogP contribution in [0, 0.1) is 0 Å². The predicted molar refractivity (Wildman–Crippen MR) is 69.7 cm³/mol. The number of aliphatic carboxylic acids is 1. The van der Waals surface area contributed by atoms with Crippen molar-refractivity contribution in [3.63, 3.8) is 0 Å². The Balaban J connectivity index is 2.65. The minimum atomic E-state index is -0.797. The van der Waals surface area contributed by atoms with Crippen molar-refractivity contribution in [3.05, 3.63) is 41.5 Å². The molecule has 0 saturated carbocycles. The van der Waals surface area contributed by atoms with Crippen LogP contribution in [-0.4, -0.2) is 29.6 Å². The molecule has 1 rings (SSSR count). The fraction of sp³-hybridized carbons (Fsp3) is 0.357. The maximum atomic E-state index is 10.6. The maximum absolute atomic E-state index is 10.6. The van der Waals surface area contributed by atoms with Gasteiger partial charge in [-0.25, -0.2) is 0 Å². The molecule has 3 nitrogen and oxygen atoms in total. The summed E-state index contributed by atoms with van der Waals surface area (Å²) in [5.41, 5.74) is 2.29. The van der Waals surface area contributed by atoms with Crippen molar-refractivity contribution in [2.75, 3.05) is 13.6 Å². The van der Waals surface area contributed by atoms with Gasteiger partial charge in [-0.05, 0) is 24.6 Å². The van der Waals surface area contributed by atoms with E-state index in [0.717, 1.165) is 17.5 Å². The number of hydrogen-bond acceptors (Lipinski definition) is 2. The van der Waals surface area contributed by atoms with Gasteiger partial charge in [0.25, 0.3) is 0 Å². The van der Waals surface area contributed by atoms with Crippen LogP contribution in [0.5, 0.6) is 0 Å². The van der Waals surface area contributed by atoms with Crippen LogP contribution in [0.25, 0.3) is 6.08 Å². The summed E-state index contributed by atoms with van der Waals surface area (Å²) in [7, 11) is 1.81. The van der Waals surface area contributed by atoms with Gasteiger partial charge in [-0.1, -0.05) is 43.3 Å². The molecule has 0 aliphatic carbocycles. The van der Waals surface area contributed by atoms with Gasteiger partial charge in [0, 0.05) is 6.54 Å². The zero-order valence-electron chi connectivity index (χ0n) is 10.4. The molecule has 0 unspecified atom stereocenters. The molecule has 0 aliphatic heterocycles. The zero-order chi connectivity index (χ0) is 12.7. The Labute approximate surface area is 102 Å². The molecular formula is C14H19NO2. The molecule has 3 heteroatoms. The number of likely N-dealkylation sites (N-methyl/N-ethyl adjacent to an activating group) is 1. The first-order valence-corrected chi connectivity index (χ1v) is 5.77. The van der Waals surface area contributed by atoms with Gasteiger partial charge in [0.15, 0.2) is 0 Å². The van der Waals surface area contributed by atoms with E-state index < -0.39 is 5.97 Å². The van der Waals surface area contributed by atoms with Crippen LogP contribution in [0.2, 0.25) is 0 Å². The fourth-order valence-corrected chi connectivity index (χ4v) is 1.65. The molecule has 0 fully saturated rings. The second-order valence-electron chi connectivity index (χ2n) is 4.12. The SMILES string of the molecule is CC/C=C/c1cccc(CN(C)CC(=O)O)c1. The highest BCUT2D eigenvalue weighted by molar-refractivity contribution is 5.69. The highest BCUT2D eigenvalue weighted by atomic mass is 16.4. The standard InChI is InChI=1S/C14H19NO2/c1-3-4-6-12-7-5-8-13(9-12)10-15(2)11-14(16)17/h4-9H,3,10-11H2,1-2H3,(H,16,17)/b6-4+. The lowest BCUT2D eigenvalue weighted by atomic mass is 10.1. The monoisotopic (exact) mass is 233 g/mol. The molecule has 1 aromatic carbocycles. The van der Waals surface area contributed by atoms with Crippen LogP contribution in [0.3, 0.4) is 0 Å². The summed E-state index contributed by atoms with van der Waals surface area (Å²) in [5.74, 6) is -0.797. The van der Waals surface area contributed by atoms with E-state index in [1.807, 2.05) is 25.2 Å². The van der Waals surface area contributed by atoms with Gasteiger partial charge in [-0.15, -0.1) is 0 Å².